The van der Waals surface area contributed by atoms with Crippen LogP contribution < -0.4 is 4.90 Å². The van der Waals surface area contributed by atoms with Gasteiger partial charge in [-0.1, -0.05) is 139 Å². The van der Waals surface area contributed by atoms with Gasteiger partial charge in [-0.15, -0.1) is 0 Å². The molecule has 1 heterocycles. The Bertz CT molecular complexity index is 2830. The lowest BCUT2D eigenvalue weighted by atomic mass is 9.98. The van der Waals surface area contributed by atoms with E-state index in [1.165, 1.54) is 4.90 Å². The van der Waals surface area contributed by atoms with Gasteiger partial charge in [-0.05, 0) is 87.2 Å². The molecule has 0 saturated carbocycles. The number of anilines is 3. The van der Waals surface area contributed by atoms with Gasteiger partial charge < -0.3 is 9.32 Å². The number of hydrogen-bond donors (Lipinski definition) is 0. The van der Waals surface area contributed by atoms with Crippen LogP contribution in [0, 0.1) is 0 Å². The minimum atomic E-state index is -0.389. The summed E-state index contributed by atoms with van der Waals surface area (Å²) in [6, 6.07) is 40.1. The summed E-state index contributed by atoms with van der Waals surface area (Å²) in [5.41, 5.74) is 4.43. The van der Waals surface area contributed by atoms with Gasteiger partial charge in [0.15, 0.2) is 0 Å². The molecule has 0 bridgehead atoms. The predicted molar refractivity (Wildman–Crippen MR) is 202 cm³/mol. The molecule has 0 spiro atoms. The fourth-order valence-corrected chi connectivity index (χ4v) is 6.29. The fraction of sp³-hybridized carbons (Fsp3) is 0. The lowest BCUT2D eigenvalue weighted by Gasteiger charge is -2.26. The molecule has 0 aliphatic carbocycles. The Hall–Kier alpha value is -6.38. The second kappa shape index (κ2) is 11.8. The summed E-state index contributed by atoms with van der Waals surface area (Å²) in [5.74, 6) is 0. The molecule has 0 aliphatic rings. The first-order chi connectivity index (χ1) is 27.2. The number of hydrogen-bond acceptors (Lipinski definition) is 2. The maximum Gasteiger partial charge on any atom is 0.143 e. The van der Waals surface area contributed by atoms with Crippen LogP contribution in [-0.2, 0) is 0 Å². The molecule has 0 unspecified atom stereocenters. The summed E-state index contributed by atoms with van der Waals surface area (Å²) in [6.45, 7) is 0. The van der Waals surface area contributed by atoms with E-state index in [2.05, 4.69) is 12.1 Å². The number of fused-ring (bicyclic) bond motifs is 5. The highest BCUT2D eigenvalue weighted by Gasteiger charge is 2.17. The minimum Gasteiger partial charge on any atom is -0.455 e. The van der Waals surface area contributed by atoms with Gasteiger partial charge in [0.25, 0.3) is 0 Å². The van der Waals surface area contributed by atoms with E-state index in [0.717, 1.165) is 43.8 Å². The molecule has 2 heteroatoms. The van der Waals surface area contributed by atoms with Crippen molar-refractivity contribution >= 4 is 49.8 Å². The average Bonchev–Trinajstić information content (AvgIpc) is 3.63. The molecule has 0 aliphatic heterocycles. The van der Waals surface area contributed by atoms with E-state index >= 15 is 0 Å². The van der Waals surface area contributed by atoms with Crippen LogP contribution >= 0.6 is 0 Å². The Morgan fingerprint density at radius 2 is 0.979 bits per heavy atom. The molecule has 1 aromatic heterocycles. The first-order valence-electron chi connectivity index (χ1n) is 19.7. The summed E-state index contributed by atoms with van der Waals surface area (Å²) in [4.78, 5) is 1.33. The number of nitrogens with zero attached hydrogens (tertiary/aromatic N) is 1. The molecule has 0 radical (unpaired) electrons. The zero-order chi connectivity index (χ0) is 38.8. The summed E-state index contributed by atoms with van der Waals surface area (Å²) in [5, 5.41) is 3.98. The first kappa shape index (κ1) is 20.7. The van der Waals surface area contributed by atoms with Crippen molar-refractivity contribution in [2.75, 3.05) is 4.90 Å². The molecule has 8 aromatic carbocycles. The molecule has 0 N–H and O–H groups in total. The zero-order valence-corrected chi connectivity index (χ0v) is 25.6. The monoisotopic (exact) mass is 621 g/mol. The lowest BCUT2D eigenvalue weighted by molar-refractivity contribution is 0.673. The van der Waals surface area contributed by atoms with Crippen molar-refractivity contribution in [3.05, 3.63) is 188 Å². The molecule has 2 nitrogen and oxygen atoms in total. The van der Waals surface area contributed by atoms with Gasteiger partial charge in [0.1, 0.15) is 11.2 Å². The van der Waals surface area contributed by atoms with E-state index in [-0.39, 0.29) is 70.8 Å². The molecule has 0 amide bonds. The van der Waals surface area contributed by atoms with Crippen molar-refractivity contribution in [3.63, 3.8) is 0 Å². The lowest BCUT2D eigenvalue weighted by Crippen LogP contribution is -2.09. The highest BCUT2D eigenvalue weighted by Crippen LogP contribution is 2.41. The van der Waals surface area contributed by atoms with E-state index in [1.54, 1.807) is 72.8 Å². The van der Waals surface area contributed by atoms with Gasteiger partial charge >= 0.3 is 0 Å². The van der Waals surface area contributed by atoms with Crippen LogP contribution in [0.3, 0.4) is 0 Å². The van der Waals surface area contributed by atoms with Crippen LogP contribution in [0.15, 0.2) is 192 Å². The molecule has 48 heavy (non-hydrogen) atoms. The minimum absolute atomic E-state index is 0.117. The predicted octanol–water partition coefficient (Wildman–Crippen LogP) is 13.2. The topological polar surface area (TPSA) is 16.4 Å². The number of furan rings is 1. The largest absolute Gasteiger partial charge is 0.455 e. The highest BCUT2D eigenvalue weighted by atomic mass is 16.3. The van der Waals surface area contributed by atoms with Gasteiger partial charge in [-0.25, -0.2) is 0 Å². The maximum atomic E-state index is 9.30. The fourth-order valence-electron chi connectivity index (χ4n) is 6.29. The third-order valence-electron chi connectivity index (χ3n) is 8.62. The summed E-state index contributed by atoms with van der Waals surface area (Å²) in [6.07, 6.45) is 0. The quantitative estimate of drug-likeness (QED) is 0.184. The zero-order valence-electron chi connectivity index (χ0n) is 33.6. The average molecular weight is 622 g/mol. The van der Waals surface area contributed by atoms with Crippen LogP contribution in [0.1, 0.15) is 11.0 Å². The maximum absolute atomic E-state index is 9.30. The van der Waals surface area contributed by atoms with Crippen molar-refractivity contribution < 1.29 is 15.4 Å². The van der Waals surface area contributed by atoms with Gasteiger partial charge in [0, 0.05) is 33.2 Å². The van der Waals surface area contributed by atoms with Crippen LogP contribution in [0.5, 0.6) is 0 Å². The molecule has 0 fully saturated rings. The number of rotatable bonds is 6. The van der Waals surface area contributed by atoms with E-state index in [0.29, 0.717) is 16.8 Å². The third-order valence-corrected chi connectivity index (χ3v) is 8.62. The van der Waals surface area contributed by atoms with E-state index in [9.17, 15) is 5.48 Å². The van der Waals surface area contributed by atoms with Crippen LogP contribution in [0.2, 0.25) is 0 Å². The van der Waals surface area contributed by atoms with Gasteiger partial charge in [-0.3, -0.25) is 0 Å². The highest BCUT2D eigenvalue weighted by molar-refractivity contribution is 6.19. The second-order valence-corrected chi connectivity index (χ2v) is 11.5. The standard InChI is InChI=1S/C46H31NO/c1-3-10-32(11-4-1)34-18-25-38(26-19-34)47(39-27-20-35(21-28-39)33-12-5-2-6-13-33)40-29-22-37(23-30-40)41-16-9-17-44-45(41)43-31-24-36-14-7-8-15-42(36)46(43)48-44/h1-31H/i18D,19D,20D,21D,25D,26D,27D,28D. The Morgan fingerprint density at radius 3 is 1.60 bits per heavy atom. The molecule has 0 atom stereocenters. The van der Waals surface area contributed by atoms with Gasteiger partial charge in [-0.2, -0.15) is 0 Å². The molecular formula is C46H31NO. The van der Waals surface area contributed by atoms with Crippen molar-refractivity contribution in [2.24, 2.45) is 0 Å². The van der Waals surface area contributed by atoms with E-state index in [4.69, 9.17) is 9.90 Å². The smallest absolute Gasteiger partial charge is 0.143 e. The molecule has 9 aromatic rings. The summed E-state index contributed by atoms with van der Waals surface area (Å²) in [7, 11) is 0. The Kier molecular flexibility index (Phi) is 5.07. The normalized spacial score (nSPS) is 13.7. The van der Waals surface area contributed by atoms with Crippen LogP contribution in [0.25, 0.3) is 66.1 Å². The molecule has 9 rings (SSSR count). The summed E-state index contributed by atoms with van der Waals surface area (Å²) >= 11 is 0. The molecule has 0 saturated heterocycles. The number of benzene rings is 8. The summed E-state index contributed by atoms with van der Waals surface area (Å²) < 4.78 is 80.0. The van der Waals surface area contributed by atoms with E-state index < -0.39 is 0 Å². The van der Waals surface area contributed by atoms with Crippen LogP contribution in [0.4, 0.5) is 17.1 Å². The van der Waals surface area contributed by atoms with Crippen molar-refractivity contribution in [1.29, 1.82) is 0 Å². The third kappa shape index (κ3) is 4.92. The second-order valence-electron chi connectivity index (χ2n) is 11.5. The van der Waals surface area contributed by atoms with Gasteiger partial charge in [0.2, 0.25) is 0 Å². The van der Waals surface area contributed by atoms with Crippen LogP contribution in [-0.4, -0.2) is 0 Å². The van der Waals surface area contributed by atoms with Crippen molar-refractivity contribution in [2.45, 2.75) is 0 Å². The Labute approximate surface area is 291 Å². The van der Waals surface area contributed by atoms with Crippen molar-refractivity contribution in [3.8, 4) is 33.4 Å². The SMILES string of the molecule is [2H]c1c([2H])c(N(c2ccc(-c3cccc4oc5c6ccccc6ccc5c34)cc2)c2c([2H])c([2H])c(-c3ccccc3)c([2H])c2[2H])c([2H])c([2H])c1-c1ccccc1. The van der Waals surface area contributed by atoms with Gasteiger partial charge in [0.05, 0.1) is 11.0 Å². The molecule has 226 valence electrons. The van der Waals surface area contributed by atoms with E-state index in [1.807, 2.05) is 54.6 Å². The molecular weight excluding hydrogens is 583 g/mol. The van der Waals surface area contributed by atoms with Crippen molar-refractivity contribution in [1.82, 2.24) is 0 Å². The first-order valence-corrected chi connectivity index (χ1v) is 15.7. The Morgan fingerprint density at radius 1 is 0.396 bits per heavy atom. The Balaban J connectivity index is 1.27.